The van der Waals surface area contributed by atoms with Gasteiger partial charge in [-0.2, -0.15) is 5.10 Å². The van der Waals surface area contributed by atoms with Crippen molar-refractivity contribution in [3.8, 4) is 11.1 Å². The van der Waals surface area contributed by atoms with Crippen molar-refractivity contribution in [1.29, 1.82) is 0 Å². The van der Waals surface area contributed by atoms with Gasteiger partial charge in [0.2, 0.25) is 5.91 Å². The summed E-state index contributed by atoms with van der Waals surface area (Å²) in [6, 6.07) is 9.99. The Hall–Kier alpha value is -2.14. The van der Waals surface area contributed by atoms with E-state index in [2.05, 4.69) is 27.4 Å². The first-order valence-electron chi connectivity index (χ1n) is 9.22. The first-order valence-corrected chi connectivity index (χ1v) is 9.22. The topological polar surface area (TPSA) is 50.2 Å². The van der Waals surface area contributed by atoms with Crippen LogP contribution in [0.3, 0.4) is 0 Å². The zero-order valence-corrected chi connectivity index (χ0v) is 15.5. The summed E-state index contributed by atoms with van der Waals surface area (Å²) < 4.78 is 1.77. The number of nitrogens with one attached hydrogen (secondary N) is 1. The molecule has 1 aliphatic rings. The lowest BCUT2D eigenvalue weighted by Crippen LogP contribution is -2.42. The molecule has 0 aliphatic carbocycles. The van der Waals surface area contributed by atoms with Crippen LogP contribution in [0.5, 0.6) is 0 Å². The number of nitrogens with zero attached hydrogens (tertiary/aromatic N) is 3. The van der Waals surface area contributed by atoms with Gasteiger partial charge in [0.25, 0.3) is 0 Å². The molecule has 1 aromatic carbocycles. The largest absolute Gasteiger partial charge is 0.309 e. The minimum absolute atomic E-state index is 0.0436. The first-order chi connectivity index (χ1) is 12.1. The van der Waals surface area contributed by atoms with Gasteiger partial charge in [-0.1, -0.05) is 43.2 Å². The van der Waals surface area contributed by atoms with Gasteiger partial charge in [-0.25, -0.2) is 0 Å². The van der Waals surface area contributed by atoms with Crippen LogP contribution in [-0.2, 0) is 11.8 Å². The number of rotatable bonds is 4. The summed E-state index contributed by atoms with van der Waals surface area (Å²) in [4.78, 5) is 15.2. The second-order valence-corrected chi connectivity index (χ2v) is 6.91. The smallest absolute Gasteiger partial charge is 0.242 e. The van der Waals surface area contributed by atoms with Gasteiger partial charge in [0.15, 0.2) is 0 Å². The van der Waals surface area contributed by atoms with Gasteiger partial charge >= 0.3 is 0 Å². The van der Waals surface area contributed by atoms with E-state index in [0.717, 1.165) is 35.7 Å². The highest BCUT2D eigenvalue weighted by molar-refractivity contribution is 5.97. The summed E-state index contributed by atoms with van der Waals surface area (Å²) in [6.07, 6.45) is 4.89. The maximum absolute atomic E-state index is 12.9. The molecule has 5 heteroatoms. The van der Waals surface area contributed by atoms with Gasteiger partial charge in [0, 0.05) is 12.6 Å². The molecule has 1 amide bonds. The third-order valence-corrected chi connectivity index (χ3v) is 5.09. The quantitative estimate of drug-likeness (QED) is 0.925. The second-order valence-electron chi connectivity index (χ2n) is 6.91. The van der Waals surface area contributed by atoms with E-state index in [0.29, 0.717) is 0 Å². The maximum atomic E-state index is 12.9. The van der Waals surface area contributed by atoms with Gasteiger partial charge < -0.3 is 5.32 Å². The predicted octanol–water partition coefficient (Wildman–Crippen LogP) is 3.60. The van der Waals surface area contributed by atoms with E-state index in [9.17, 15) is 4.79 Å². The van der Waals surface area contributed by atoms with Gasteiger partial charge in [-0.05, 0) is 45.3 Å². The lowest BCUT2D eigenvalue weighted by atomic mass is 10.1. The number of amides is 1. The van der Waals surface area contributed by atoms with E-state index >= 15 is 0 Å². The number of hydrogen-bond acceptors (Lipinski definition) is 3. The number of aryl methyl sites for hydroxylation is 2. The van der Waals surface area contributed by atoms with E-state index in [1.54, 1.807) is 4.68 Å². The fourth-order valence-corrected chi connectivity index (χ4v) is 3.62. The Labute approximate surface area is 150 Å². The minimum atomic E-state index is -0.128. The molecule has 5 nitrogen and oxygen atoms in total. The van der Waals surface area contributed by atoms with Crippen LogP contribution in [0.4, 0.5) is 5.82 Å². The molecule has 1 atom stereocenters. The van der Waals surface area contributed by atoms with Crippen LogP contribution in [0.15, 0.2) is 30.3 Å². The molecule has 1 aromatic heterocycles. The lowest BCUT2D eigenvalue weighted by Gasteiger charge is -2.26. The highest BCUT2D eigenvalue weighted by Gasteiger charge is 2.24. The second kappa shape index (κ2) is 7.83. The number of anilines is 1. The number of carbonyl (C=O) groups is 1. The number of likely N-dealkylation sites (tertiary alicyclic amines) is 1. The maximum Gasteiger partial charge on any atom is 0.242 e. The van der Waals surface area contributed by atoms with Crippen molar-refractivity contribution in [3.05, 3.63) is 36.0 Å². The zero-order chi connectivity index (χ0) is 17.8. The molecular weight excluding hydrogens is 312 g/mol. The molecule has 2 heterocycles. The molecule has 0 radical (unpaired) electrons. The van der Waals surface area contributed by atoms with Gasteiger partial charge in [0.1, 0.15) is 5.82 Å². The molecule has 0 bridgehead atoms. The van der Waals surface area contributed by atoms with Gasteiger partial charge in [-0.3, -0.25) is 14.4 Å². The average Bonchev–Trinajstić information content (AvgIpc) is 2.81. The van der Waals surface area contributed by atoms with Crippen molar-refractivity contribution in [2.45, 2.75) is 45.6 Å². The summed E-state index contributed by atoms with van der Waals surface area (Å²) in [6.45, 7) is 6.00. The Balaban J connectivity index is 1.81. The normalized spacial score (nSPS) is 17.1. The first kappa shape index (κ1) is 17.7. The molecule has 2 aromatic rings. The minimum Gasteiger partial charge on any atom is -0.309 e. The Morgan fingerprint density at radius 1 is 1.12 bits per heavy atom. The molecule has 1 N–H and O–H groups in total. The van der Waals surface area contributed by atoms with Crippen LogP contribution < -0.4 is 5.32 Å². The van der Waals surface area contributed by atoms with Crippen molar-refractivity contribution < 1.29 is 4.79 Å². The number of aromatic nitrogens is 2. The van der Waals surface area contributed by atoms with Crippen molar-refractivity contribution in [1.82, 2.24) is 14.7 Å². The van der Waals surface area contributed by atoms with Gasteiger partial charge in [-0.15, -0.1) is 0 Å². The van der Waals surface area contributed by atoms with Crippen molar-refractivity contribution >= 4 is 11.7 Å². The Kier molecular flexibility index (Phi) is 5.53. The number of benzene rings is 1. The van der Waals surface area contributed by atoms with Crippen LogP contribution in [0, 0.1) is 6.92 Å². The van der Waals surface area contributed by atoms with Crippen LogP contribution in [-0.4, -0.2) is 39.7 Å². The Bertz CT molecular complexity index is 715. The van der Waals surface area contributed by atoms with E-state index < -0.39 is 0 Å². The Morgan fingerprint density at radius 2 is 1.76 bits per heavy atom. The summed E-state index contributed by atoms with van der Waals surface area (Å²) in [7, 11) is 1.88. The van der Waals surface area contributed by atoms with Crippen LogP contribution in [0.2, 0.25) is 0 Å². The fourth-order valence-electron chi connectivity index (χ4n) is 3.62. The van der Waals surface area contributed by atoms with E-state index in [-0.39, 0.29) is 11.9 Å². The molecule has 25 heavy (non-hydrogen) atoms. The average molecular weight is 340 g/mol. The van der Waals surface area contributed by atoms with Crippen molar-refractivity contribution in [2.24, 2.45) is 7.05 Å². The molecule has 3 rings (SSSR count). The van der Waals surface area contributed by atoms with Crippen LogP contribution in [0.25, 0.3) is 11.1 Å². The molecular formula is C20H28N4O. The van der Waals surface area contributed by atoms with E-state index in [1.165, 1.54) is 25.7 Å². The SMILES string of the molecule is Cc1nn(C)c(NC(=O)C(C)N2CCCCCC2)c1-c1ccccc1. The van der Waals surface area contributed by atoms with Gasteiger partial charge in [0.05, 0.1) is 11.7 Å². The van der Waals surface area contributed by atoms with Crippen LogP contribution in [0.1, 0.15) is 38.3 Å². The molecule has 1 unspecified atom stereocenters. The fraction of sp³-hybridized carbons (Fsp3) is 0.500. The molecule has 1 aliphatic heterocycles. The third kappa shape index (κ3) is 3.93. The van der Waals surface area contributed by atoms with Crippen LogP contribution >= 0.6 is 0 Å². The van der Waals surface area contributed by atoms with Crippen molar-refractivity contribution in [2.75, 3.05) is 18.4 Å². The predicted molar refractivity (Wildman–Crippen MR) is 102 cm³/mol. The highest BCUT2D eigenvalue weighted by atomic mass is 16.2. The Morgan fingerprint density at radius 3 is 2.40 bits per heavy atom. The van der Waals surface area contributed by atoms with E-state index in [4.69, 9.17) is 0 Å². The summed E-state index contributed by atoms with van der Waals surface area (Å²) in [5.74, 6) is 0.817. The van der Waals surface area contributed by atoms with E-state index in [1.807, 2.05) is 39.1 Å². The zero-order valence-electron chi connectivity index (χ0n) is 15.5. The molecule has 0 spiro atoms. The molecule has 1 fully saturated rings. The third-order valence-electron chi connectivity index (χ3n) is 5.09. The molecule has 0 saturated carbocycles. The number of carbonyl (C=O) groups excluding carboxylic acids is 1. The standard InChI is InChI=1S/C20H28N4O/c1-15-18(17-11-7-6-8-12-17)19(23(3)22-15)21-20(25)16(2)24-13-9-4-5-10-14-24/h6-8,11-12,16H,4-5,9-10,13-14H2,1-3H3,(H,21,25). The summed E-state index contributed by atoms with van der Waals surface area (Å²) in [5, 5.41) is 7.65. The highest BCUT2D eigenvalue weighted by Crippen LogP contribution is 2.31. The van der Waals surface area contributed by atoms with Crippen molar-refractivity contribution in [3.63, 3.8) is 0 Å². The number of hydrogen-bond donors (Lipinski definition) is 1. The lowest BCUT2D eigenvalue weighted by molar-refractivity contribution is -0.120. The molecule has 134 valence electrons. The molecule has 1 saturated heterocycles. The monoisotopic (exact) mass is 340 g/mol. The summed E-state index contributed by atoms with van der Waals surface area (Å²) >= 11 is 0. The summed E-state index contributed by atoms with van der Waals surface area (Å²) in [5.41, 5.74) is 3.00.